The maximum absolute atomic E-state index is 12.7. The number of nitrogens with one attached hydrogen (secondary N) is 2. The van der Waals surface area contributed by atoms with Gasteiger partial charge in [-0.15, -0.1) is 11.3 Å². The lowest BCUT2D eigenvalue weighted by Crippen LogP contribution is -2.28. The summed E-state index contributed by atoms with van der Waals surface area (Å²) in [5.74, 6) is -0.629. The molecule has 1 aliphatic rings. The third-order valence-electron chi connectivity index (χ3n) is 5.26. The summed E-state index contributed by atoms with van der Waals surface area (Å²) in [7, 11) is 0. The van der Waals surface area contributed by atoms with Crippen molar-refractivity contribution in [2.24, 2.45) is 0 Å². The van der Waals surface area contributed by atoms with Crippen LogP contribution in [-0.4, -0.2) is 39.1 Å². The summed E-state index contributed by atoms with van der Waals surface area (Å²) < 4.78 is 5.24. The van der Waals surface area contributed by atoms with Crippen LogP contribution in [0.4, 0.5) is 0 Å². The van der Waals surface area contributed by atoms with Crippen molar-refractivity contribution in [3.05, 3.63) is 88.6 Å². The van der Waals surface area contributed by atoms with Gasteiger partial charge in [-0.1, -0.05) is 6.07 Å². The number of H-pyrrole nitrogens is 1. The number of nitrogens with zero attached hydrogens (tertiary/aromatic N) is 2. The zero-order chi connectivity index (χ0) is 22.1. The van der Waals surface area contributed by atoms with E-state index >= 15 is 0 Å². The summed E-state index contributed by atoms with van der Waals surface area (Å²) in [5.41, 5.74) is 2.66. The minimum atomic E-state index is -0.436. The molecule has 0 spiro atoms. The highest BCUT2D eigenvalue weighted by atomic mass is 32.1. The normalized spacial score (nSPS) is 12.9. The number of hydrogen-bond acceptors (Lipinski definition) is 6. The number of hydrogen-bond donors (Lipinski definition) is 2. The Hall–Kier alpha value is -3.98. The first-order valence-corrected chi connectivity index (χ1v) is 10.9. The molecule has 0 bridgehead atoms. The summed E-state index contributed by atoms with van der Waals surface area (Å²) in [6.45, 7) is 0.450. The van der Waals surface area contributed by atoms with E-state index in [2.05, 4.69) is 15.3 Å². The van der Waals surface area contributed by atoms with Crippen molar-refractivity contribution in [2.75, 3.05) is 6.54 Å². The van der Waals surface area contributed by atoms with Gasteiger partial charge < -0.3 is 14.7 Å². The summed E-state index contributed by atoms with van der Waals surface area (Å²) in [4.78, 5) is 47.7. The molecule has 1 aliphatic heterocycles. The Morgan fingerprint density at radius 1 is 1.12 bits per heavy atom. The molecule has 5 rings (SSSR count). The maximum Gasteiger partial charge on any atom is 0.261 e. The molecule has 2 N–H and O–H groups in total. The molecule has 1 aromatic carbocycles. The third kappa shape index (κ3) is 3.63. The highest BCUT2D eigenvalue weighted by molar-refractivity contribution is 7.13. The van der Waals surface area contributed by atoms with Crippen LogP contribution in [0.15, 0.2) is 64.9 Å². The standard InChI is InChI=1S/C23H18N4O4S/c28-21(24-8-7-18-20(26-13-25-18)19-4-2-10-32-19)14-5-6-16-17(11-14)23(30)27(22(16)29)12-15-3-1-9-31-15/h1-6,9-11,13H,7-8,12H2,(H,24,28)(H,25,26). The van der Waals surface area contributed by atoms with Crippen LogP contribution in [0.2, 0.25) is 0 Å². The van der Waals surface area contributed by atoms with Crippen molar-refractivity contribution in [1.29, 1.82) is 0 Å². The zero-order valence-corrected chi connectivity index (χ0v) is 17.6. The maximum atomic E-state index is 12.7. The largest absolute Gasteiger partial charge is 0.467 e. The molecule has 0 atom stereocenters. The average Bonchev–Trinajstić information content (AvgIpc) is 3.60. The number of aromatic nitrogens is 2. The molecule has 3 aromatic heterocycles. The van der Waals surface area contributed by atoms with E-state index in [0.29, 0.717) is 24.3 Å². The van der Waals surface area contributed by atoms with E-state index < -0.39 is 11.8 Å². The number of carbonyl (C=O) groups is 3. The lowest BCUT2D eigenvalue weighted by molar-refractivity contribution is 0.0631. The van der Waals surface area contributed by atoms with Gasteiger partial charge in [0.15, 0.2) is 0 Å². The average molecular weight is 446 g/mol. The number of amides is 3. The fraction of sp³-hybridized carbons (Fsp3) is 0.130. The molecule has 0 fully saturated rings. The molecule has 4 aromatic rings. The molecular weight excluding hydrogens is 428 g/mol. The smallest absolute Gasteiger partial charge is 0.261 e. The van der Waals surface area contributed by atoms with Crippen LogP contribution in [0.1, 0.15) is 42.5 Å². The number of imidazole rings is 1. The molecule has 0 saturated carbocycles. The van der Waals surface area contributed by atoms with Gasteiger partial charge in [0.1, 0.15) is 11.5 Å². The Balaban J connectivity index is 1.25. The second kappa shape index (κ2) is 8.27. The first-order valence-electron chi connectivity index (χ1n) is 9.99. The van der Waals surface area contributed by atoms with Crippen molar-refractivity contribution in [1.82, 2.24) is 20.2 Å². The number of furan rings is 1. The minimum absolute atomic E-state index is 0.0532. The van der Waals surface area contributed by atoms with E-state index in [-0.39, 0.29) is 23.6 Å². The molecule has 9 heteroatoms. The van der Waals surface area contributed by atoms with Crippen molar-refractivity contribution < 1.29 is 18.8 Å². The Morgan fingerprint density at radius 2 is 2.00 bits per heavy atom. The van der Waals surface area contributed by atoms with Crippen LogP contribution < -0.4 is 5.32 Å². The third-order valence-corrected chi connectivity index (χ3v) is 6.14. The van der Waals surface area contributed by atoms with Gasteiger partial charge in [0, 0.05) is 24.2 Å². The molecule has 160 valence electrons. The molecule has 3 amide bonds. The van der Waals surface area contributed by atoms with Gasteiger partial charge in [0.25, 0.3) is 17.7 Å². The molecule has 32 heavy (non-hydrogen) atoms. The lowest BCUT2D eigenvalue weighted by Gasteiger charge is -2.11. The molecule has 0 radical (unpaired) electrons. The predicted molar refractivity (Wildman–Crippen MR) is 117 cm³/mol. The highest BCUT2D eigenvalue weighted by Crippen LogP contribution is 2.27. The molecule has 8 nitrogen and oxygen atoms in total. The van der Waals surface area contributed by atoms with Crippen LogP contribution in [0.3, 0.4) is 0 Å². The van der Waals surface area contributed by atoms with Crippen molar-refractivity contribution in [3.8, 4) is 10.6 Å². The Morgan fingerprint density at radius 3 is 2.78 bits per heavy atom. The number of aromatic amines is 1. The van der Waals surface area contributed by atoms with Crippen LogP contribution in [0, 0.1) is 0 Å². The van der Waals surface area contributed by atoms with Crippen molar-refractivity contribution >= 4 is 29.1 Å². The van der Waals surface area contributed by atoms with Crippen LogP contribution >= 0.6 is 11.3 Å². The van der Waals surface area contributed by atoms with Gasteiger partial charge in [-0.05, 0) is 41.8 Å². The number of thiophene rings is 1. The van der Waals surface area contributed by atoms with Crippen molar-refractivity contribution in [3.63, 3.8) is 0 Å². The number of fused-ring (bicyclic) bond motifs is 1. The monoisotopic (exact) mass is 446 g/mol. The summed E-state index contributed by atoms with van der Waals surface area (Å²) in [6.07, 6.45) is 3.71. The second-order valence-electron chi connectivity index (χ2n) is 7.25. The zero-order valence-electron chi connectivity index (χ0n) is 16.8. The van der Waals surface area contributed by atoms with Gasteiger partial charge >= 0.3 is 0 Å². The summed E-state index contributed by atoms with van der Waals surface area (Å²) in [6, 6.07) is 11.9. The van der Waals surface area contributed by atoms with Crippen LogP contribution in [-0.2, 0) is 13.0 Å². The first-order chi connectivity index (χ1) is 15.6. The Bertz CT molecular complexity index is 1290. The molecule has 0 aliphatic carbocycles. The molecular formula is C23H18N4O4S. The molecule has 4 heterocycles. The van der Waals surface area contributed by atoms with Gasteiger partial charge in [0.05, 0.1) is 35.1 Å². The summed E-state index contributed by atoms with van der Waals surface area (Å²) >= 11 is 1.61. The van der Waals surface area contributed by atoms with Crippen LogP contribution in [0.25, 0.3) is 10.6 Å². The lowest BCUT2D eigenvalue weighted by atomic mass is 10.1. The van der Waals surface area contributed by atoms with E-state index in [1.54, 1.807) is 35.9 Å². The van der Waals surface area contributed by atoms with E-state index in [1.165, 1.54) is 18.4 Å². The van der Waals surface area contributed by atoms with E-state index in [9.17, 15) is 14.4 Å². The number of rotatable bonds is 7. The fourth-order valence-electron chi connectivity index (χ4n) is 3.67. The Labute approximate surface area is 186 Å². The van der Waals surface area contributed by atoms with E-state index in [1.807, 2.05) is 17.5 Å². The van der Waals surface area contributed by atoms with Gasteiger partial charge in [-0.25, -0.2) is 4.98 Å². The van der Waals surface area contributed by atoms with Gasteiger partial charge in [-0.3, -0.25) is 19.3 Å². The quantitative estimate of drug-likeness (QED) is 0.423. The SMILES string of the molecule is O=C(NCCc1[nH]cnc1-c1cccs1)c1ccc2c(c1)C(=O)N(Cc1ccco1)C2=O. The fourth-order valence-corrected chi connectivity index (χ4v) is 4.42. The molecule has 0 unspecified atom stereocenters. The van der Waals surface area contributed by atoms with Crippen molar-refractivity contribution in [2.45, 2.75) is 13.0 Å². The summed E-state index contributed by atoms with van der Waals surface area (Å²) in [5, 5.41) is 4.86. The number of benzene rings is 1. The number of carbonyl (C=O) groups excluding carboxylic acids is 3. The topological polar surface area (TPSA) is 108 Å². The van der Waals surface area contributed by atoms with E-state index in [4.69, 9.17) is 4.42 Å². The molecule has 0 saturated heterocycles. The van der Waals surface area contributed by atoms with E-state index in [0.717, 1.165) is 21.2 Å². The number of imide groups is 1. The second-order valence-corrected chi connectivity index (χ2v) is 8.20. The predicted octanol–water partition coefficient (Wildman–Crippen LogP) is 3.50. The van der Waals surface area contributed by atoms with Gasteiger partial charge in [0.2, 0.25) is 0 Å². The highest BCUT2D eigenvalue weighted by Gasteiger charge is 2.36. The Kier molecular flexibility index (Phi) is 5.16. The van der Waals surface area contributed by atoms with Gasteiger partial charge in [-0.2, -0.15) is 0 Å². The minimum Gasteiger partial charge on any atom is -0.467 e. The van der Waals surface area contributed by atoms with Crippen LogP contribution in [0.5, 0.6) is 0 Å². The first kappa shape index (κ1) is 20.0.